The number of pyridine rings is 1. The molecule has 1 N–H and O–H groups in total. The second-order valence-corrected chi connectivity index (χ2v) is 4.47. The van der Waals surface area contributed by atoms with Crippen LogP contribution >= 0.6 is 0 Å². The van der Waals surface area contributed by atoms with Crippen LogP contribution in [0, 0.1) is 0 Å². The van der Waals surface area contributed by atoms with E-state index in [-0.39, 0.29) is 0 Å². The minimum Gasteiger partial charge on any atom is -0.478 e. The molecule has 1 aromatic heterocycles. The number of halogens is 3. The maximum absolute atomic E-state index is 12.1. The molecule has 0 aliphatic carbocycles. The van der Waals surface area contributed by atoms with E-state index in [9.17, 15) is 26.4 Å². The molecule has 0 radical (unpaired) electrons. The van der Waals surface area contributed by atoms with Crippen LogP contribution in [-0.2, 0) is 9.84 Å². The zero-order chi connectivity index (χ0) is 12.6. The van der Waals surface area contributed by atoms with Crippen molar-refractivity contribution in [3.63, 3.8) is 0 Å². The highest BCUT2D eigenvalue weighted by Crippen LogP contribution is 2.30. The van der Waals surface area contributed by atoms with Crippen molar-refractivity contribution in [3.05, 3.63) is 23.9 Å². The molecule has 0 bridgehead atoms. The van der Waals surface area contributed by atoms with Crippen LogP contribution in [0.1, 0.15) is 10.4 Å². The number of aromatic nitrogens is 1. The first-order valence-electron chi connectivity index (χ1n) is 3.67. The molecule has 1 aromatic rings. The van der Waals surface area contributed by atoms with E-state index in [4.69, 9.17) is 5.11 Å². The summed E-state index contributed by atoms with van der Waals surface area (Å²) in [6.45, 7) is 0. The van der Waals surface area contributed by atoms with Gasteiger partial charge in [0.05, 0.1) is 5.56 Å². The second-order valence-electron chi connectivity index (χ2n) is 2.61. The molecule has 0 atom stereocenters. The SMILES string of the molecule is O=C(O)c1cccnc1S(=O)(=O)C(F)(F)F. The zero-order valence-corrected chi connectivity index (χ0v) is 8.21. The summed E-state index contributed by atoms with van der Waals surface area (Å²) in [7, 11) is -5.74. The molecule has 0 saturated carbocycles. The predicted octanol–water partition coefficient (Wildman–Crippen LogP) is 1.07. The van der Waals surface area contributed by atoms with Crippen LogP contribution in [0.5, 0.6) is 0 Å². The lowest BCUT2D eigenvalue weighted by Crippen LogP contribution is -2.26. The van der Waals surface area contributed by atoms with Gasteiger partial charge in [-0.3, -0.25) is 0 Å². The van der Waals surface area contributed by atoms with Gasteiger partial charge < -0.3 is 5.11 Å². The summed E-state index contributed by atoms with van der Waals surface area (Å²) in [5, 5.41) is 7.02. The Morgan fingerprint density at radius 2 is 1.94 bits per heavy atom. The maximum Gasteiger partial charge on any atom is 0.503 e. The van der Waals surface area contributed by atoms with Gasteiger partial charge in [0.25, 0.3) is 9.84 Å². The Labute approximate surface area is 87.5 Å². The van der Waals surface area contributed by atoms with Gasteiger partial charge in [0.15, 0.2) is 5.03 Å². The minimum absolute atomic E-state index is 0.730. The molecule has 16 heavy (non-hydrogen) atoms. The number of aromatic carboxylic acids is 1. The Morgan fingerprint density at radius 3 is 2.38 bits per heavy atom. The smallest absolute Gasteiger partial charge is 0.478 e. The Hall–Kier alpha value is -1.64. The van der Waals surface area contributed by atoms with Crippen LogP contribution in [0.4, 0.5) is 13.2 Å². The summed E-state index contributed by atoms with van der Waals surface area (Å²) in [6, 6.07) is 1.76. The fourth-order valence-corrected chi connectivity index (χ4v) is 1.74. The molecule has 9 heteroatoms. The van der Waals surface area contributed by atoms with Gasteiger partial charge in [-0.25, -0.2) is 18.2 Å². The quantitative estimate of drug-likeness (QED) is 0.854. The first-order chi connectivity index (χ1) is 7.18. The Morgan fingerprint density at radius 1 is 1.38 bits per heavy atom. The Kier molecular flexibility index (Phi) is 2.91. The van der Waals surface area contributed by atoms with Crippen molar-refractivity contribution in [2.45, 2.75) is 10.5 Å². The van der Waals surface area contributed by atoms with Crippen molar-refractivity contribution in [2.75, 3.05) is 0 Å². The lowest BCUT2D eigenvalue weighted by atomic mass is 10.3. The first kappa shape index (κ1) is 12.4. The van der Waals surface area contributed by atoms with Crippen molar-refractivity contribution in [1.82, 2.24) is 4.98 Å². The topological polar surface area (TPSA) is 84.3 Å². The molecule has 5 nitrogen and oxygen atoms in total. The van der Waals surface area contributed by atoms with Crippen LogP contribution in [0.2, 0.25) is 0 Å². The molecule has 0 aliphatic heterocycles. The van der Waals surface area contributed by atoms with E-state index in [2.05, 4.69) is 4.98 Å². The molecule has 0 aliphatic rings. The summed E-state index contributed by atoms with van der Waals surface area (Å²) in [6.07, 6.45) is 0.769. The summed E-state index contributed by atoms with van der Waals surface area (Å²) in [5.74, 6) is -1.80. The molecule has 0 amide bonds. The average molecular weight is 255 g/mol. The van der Waals surface area contributed by atoms with Crippen LogP contribution < -0.4 is 0 Å². The van der Waals surface area contributed by atoms with E-state index in [1.54, 1.807) is 0 Å². The van der Waals surface area contributed by atoms with E-state index >= 15 is 0 Å². The zero-order valence-electron chi connectivity index (χ0n) is 7.39. The van der Waals surface area contributed by atoms with E-state index in [1.165, 1.54) is 0 Å². The van der Waals surface area contributed by atoms with Gasteiger partial charge in [-0.2, -0.15) is 13.2 Å². The number of carboxylic acids is 1. The predicted molar refractivity (Wildman–Crippen MR) is 44.4 cm³/mol. The van der Waals surface area contributed by atoms with E-state index < -0.39 is 31.9 Å². The molecule has 0 saturated heterocycles. The van der Waals surface area contributed by atoms with Gasteiger partial charge in [-0.1, -0.05) is 0 Å². The van der Waals surface area contributed by atoms with Crippen molar-refractivity contribution in [1.29, 1.82) is 0 Å². The number of alkyl halides is 3. The standard InChI is InChI=1S/C7H4F3NO4S/c8-7(9,10)16(14,15)5-4(6(12)13)2-1-3-11-5/h1-3H,(H,12,13). The monoisotopic (exact) mass is 255 g/mol. The second kappa shape index (κ2) is 3.74. The maximum atomic E-state index is 12.1. The molecule has 0 fully saturated rings. The third kappa shape index (κ3) is 1.98. The van der Waals surface area contributed by atoms with Crippen LogP contribution in [0.3, 0.4) is 0 Å². The third-order valence-corrected chi connectivity index (χ3v) is 3.00. The summed E-state index contributed by atoms with van der Waals surface area (Å²) < 4.78 is 58.3. The fourth-order valence-electron chi connectivity index (χ4n) is 0.877. The molecular weight excluding hydrogens is 251 g/mol. The van der Waals surface area contributed by atoms with Gasteiger partial charge in [0.2, 0.25) is 0 Å². The summed E-state index contributed by atoms with van der Waals surface area (Å²) >= 11 is 0. The third-order valence-electron chi connectivity index (χ3n) is 1.56. The largest absolute Gasteiger partial charge is 0.503 e. The molecule has 0 unspecified atom stereocenters. The number of hydrogen-bond acceptors (Lipinski definition) is 4. The van der Waals surface area contributed by atoms with Crippen LogP contribution in [0.15, 0.2) is 23.4 Å². The first-order valence-corrected chi connectivity index (χ1v) is 5.16. The summed E-state index contributed by atoms with van der Waals surface area (Å²) in [5.41, 5.74) is -6.59. The number of carboxylic acid groups (broad SMARTS) is 1. The number of carbonyl (C=O) groups is 1. The van der Waals surface area contributed by atoms with Crippen molar-refractivity contribution >= 4 is 15.8 Å². The molecule has 1 heterocycles. The van der Waals surface area contributed by atoms with Gasteiger partial charge in [0, 0.05) is 6.20 Å². The normalized spacial score (nSPS) is 12.4. The molecule has 88 valence electrons. The number of rotatable bonds is 2. The number of sulfone groups is 1. The fraction of sp³-hybridized carbons (Fsp3) is 0.143. The van der Waals surface area contributed by atoms with Gasteiger partial charge in [-0.05, 0) is 12.1 Å². The van der Waals surface area contributed by atoms with E-state index in [1.807, 2.05) is 0 Å². The lowest BCUT2D eigenvalue weighted by Gasteiger charge is -2.08. The highest BCUT2D eigenvalue weighted by atomic mass is 32.2. The number of hydrogen-bond donors (Lipinski definition) is 1. The van der Waals surface area contributed by atoms with Gasteiger partial charge in [-0.15, -0.1) is 0 Å². The van der Waals surface area contributed by atoms with Crippen LogP contribution in [-0.4, -0.2) is 30.0 Å². The lowest BCUT2D eigenvalue weighted by molar-refractivity contribution is -0.0438. The van der Waals surface area contributed by atoms with Crippen molar-refractivity contribution in [2.24, 2.45) is 0 Å². The molecule has 0 aromatic carbocycles. The highest BCUT2D eigenvalue weighted by Gasteiger charge is 2.49. The molecular formula is C7H4F3NO4S. The van der Waals surface area contributed by atoms with E-state index in [0.29, 0.717) is 0 Å². The number of nitrogens with zero attached hydrogens (tertiary/aromatic N) is 1. The van der Waals surface area contributed by atoms with Crippen molar-refractivity contribution in [3.8, 4) is 0 Å². The average Bonchev–Trinajstić information content (AvgIpc) is 2.16. The summed E-state index contributed by atoms with van der Waals surface area (Å²) in [4.78, 5) is 13.5. The Bertz CT molecular complexity index is 523. The molecule has 0 spiro atoms. The molecule has 1 rings (SSSR count). The van der Waals surface area contributed by atoms with Crippen LogP contribution in [0.25, 0.3) is 0 Å². The van der Waals surface area contributed by atoms with Gasteiger partial charge >= 0.3 is 11.5 Å². The van der Waals surface area contributed by atoms with E-state index in [0.717, 1.165) is 18.3 Å². The van der Waals surface area contributed by atoms with Crippen molar-refractivity contribution < 1.29 is 31.5 Å². The Balaban J connectivity index is 3.52. The minimum atomic E-state index is -5.74. The highest BCUT2D eigenvalue weighted by molar-refractivity contribution is 7.92. The van der Waals surface area contributed by atoms with Gasteiger partial charge in [0.1, 0.15) is 0 Å².